The number of rotatable bonds is 4. The molecule has 0 aliphatic rings. The molecule has 2 aromatic carbocycles. The molecule has 0 fully saturated rings. The third kappa shape index (κ3) is 2.60. The smallest absolute Gasteiger partial charge is 0.131 e. The standard InChI is InChI=1S/C15H15NO/c16-10-12-6-8-14(9-7-12)15(11-17)13-4-2-1-3-5-13/h1-9,11,15H,10,16H2. The Balaban J connectivity index is 2.32. The minimum atomic E-state index is -0.192. The van der Waals surface area contributed by atoms with E-state index in [-0.39, 0.29) is 5.92 Å². The molecule has 0 amide bonds. The molecule has 0 aliphatic carbocycles. The molecule has 86 valence electrons. The van der Waals surface area contributed by atoms with Crippen LogP contribution in [0.25, 0.3) is 0 Å². The summed E-state index contributed by atoms with van der Waals surface area (Å²) < 4.78 is 0. The lowest BCUT2D eigenvalue weighted by Crippen LogP contribution is -2.03. The van der Waals surface area contributed by atoms with Gasteiger partial charge in [-0.25, -0.2) is 0 Å². The number of benzene rings is 2. The summed E-state index contributed by atoms with van der Waals surface area (Å²) in [6.07, 6.45) is 0.979. The normalized spacial score (nSPS) is 12.1. The molecular weight excluding hydrogens is 210 g/mol. The summed E-state index contributed by atoms with van der Waals surface area (Å²) in [6.45, 7) is 0.525. The van der Waals surface area contributed by atoms with Crippen molar-refractivity contribution < 1.29 is 4.79 Å². The van der Waals surface area contributed by atoms with Crippen LogP contribution in [0.15, 0.2) is 54.6 Å². The van der Waals surface area contributed by atoms with Gasteiger partial charge in [0.25, 0.3) is 0 Å². The Bertz CT molecular complexity index is 476. The molecule has 1 atom stereocenters. The zero-order chi connectivity index (χ0) is 12.1. The Hall–Kier alpha value is -1.93. The maximum atomic E-state index is 11.2. The fourth-order valence-electron chi connectivity index (χ4n) is 1.87. The van der Waals surface area contributed by atoms with Crippen LogP contribution in [0.2, 0.25) is 0 Å². The van der Waals surface area contributed by atoms with E-state index in [1.165, 1.54) is 0 Å². The van der Waals surface area contributed by atoms with Crippen LogP contribution in [-0.2, 0) is 11.3 Å². The summed E-state index contributed by atoms with van der Waals surface area (Å²) in [7, 11) is 0. The molecule has 0 spiro atoms. The molecule has 0 aromatic heterocycles. The van der Waals surface area contributed by atoms with Crippen LogP contribution in [0.5, 0.6) is 0 Å². The van der Waals surface area contributed by atoms with Gasteiger partial charge in [0.05, 0.1) is 5.92 Å². The fourth-order valence-corrected chi connectivity index (χ4v) is 1.87. The lowest BCUT2D eigenvalue weighted by Gasteiger charge is -2.11. The number of aldehydes is 1. The van der Waals surface area contributed by atoms with E-state index in [9.17, 15) is 4.79 Å². The Kier molecular flexibility index (Phi) is 3.68. The van der Waals surface area contributed by atoms with Crippen LogP contribution < -0.4 is 5.73 Å². The highest BCUT2D eigenvalue weighted by Crippen LogP contribution is 2.22. The van der Waals surface area contributed by atoms with Gasteiger partial charge in [-0.15, -0.1) is 0 Å². The number of hydrogen-bond donors (Lipinski definition) is 1. The fraction of sp³-hybridized carbons (Fsp3) is 0.133. The zero-order valence-electron chi connectivity index (χ0n) is 9.54. The lowest BCUT2D eigenvalue weighted by molar-refractivity contribution is -0.108. The van der Waals surface area contributed by atoms with Gasteiger partial charge in [0.1, 0.15) is 6.29 Å². The first-order chi connectivity index (χ1) is 8.35. The van der Waals surface area contributed by atoms with Gasteiger partial charge in [0, 0.05) is 6.54 Å². The summed E-state index contributed by atoms with van der Waals surface area (Å²) >= 11 is 0. The number of carbonyl (C=O) groups excluding carboxylic acids is 1. The molecule has 0 aliphatic heterocycles. The van der Waals surface area contributed by atoms with Gasteiger partial charge < -0.3 is 10.5 Å². The van der Waals surface area contributed by atoms with E-state index in [1.807, 2.05) is 54.6 Å². The third-order valence-electron chi connectivity index (χ3n) is 2.87. The van der Waals surface area contributed by atoms with Crippen LogP contribution in [0.4, 0.5) is 0 Å². The molecule has 0 radical (unpaired) electrons. The van der Waals surface area contributed by atoms with Crippen molar-refractivity contribution in [1.29, 1.82) is 0 Å². The molecule has 2 N–H and O–H groups in total. The van der Waals surface area contributed by atoms with E-state index in [2.05, 4.69) is 0 Å². The second-order valence-electron chi connectivity index (χ2n) is 3.97. The van der Waals surface area contributed by atoms with Crippen molar-refractivity contribution in [2.45, 2.75) is 12.5 Å². The van der Waals surface area contributed by atoms with Crippen molar-refractivity contribution in [1.82, 2.24) is 0 Å². The number of carbonyl (C=O) groups is 1. The van der Waals surface area contributed by atoms with Crippen molar-refractivity contribution in [3.05, 3.63) is 71.3 Å². The topological polar surface area (TPSA) is 43.1 Å². The number of nitrogens with two attached hydrogens (primary N) is 1. The van der Waals surface area contributed by atoms with E-state index in [1.54, 1.807) is 0 Å². The summed E-state index contributed by atoms with van der Waals surface area (Å²) in [5.41, 5.74) is 8.65. The predicted molar refractivity (Wildman–Crippen MR) is 68.7 cm³/mol. The summed E-state index contributed by atoms with van der Waals surface area (Å²) in [4.78, 5) is 11.2. The van der Waals surface area contributed by atoms with Gasteiger partial charge in [-0.1, -0.05) is 54.6 Å². The summed E-state index contributed by atoms with van der Waals surface area (Å²) in [5, 5.41) is 0. The Morgan fingerprint density at radius 3 is 2.06 bits per heavy atom. The molecule has 17 heavy (non-hydrogen) atoms. The third-order valence-corrected chi connectivity index (χ3v) is 2.87. The largest absolute Gasteiger partial charge is 0.326 e. The Labute approximate surface area is 101 Å². The molecule has 2 aromatic rings. The minimum absolute atomic E-state index is 0.192. The van der Waals surface area contributed by atoms with Crippen LogP contribution >= 0.6 is 0 Å². The van der Waals surface area contributed by atoms with Crippen LogP contribution in [0.3, 0.4) is 0 Å². The van der Waals surface area contributed by atoms with Gasteiger partial charge in [0.15, 0.2) is 0 Å². The highest BCUT2D eigenvalue weighted by molar-refractivity contribution is 5.68. The minimum Gasteiger partial charge on any atom is -0.326 e. The van der Waals surface area contributed by atoms with Gasteiger partial charge in [-0.05, 0) is 16.7 Å². The predicted octanol–water partition coefficient (Wildman–Crippen LogP) is 2.48. The quantitative estimate of drug-likeness (QED) is 0.812. The van der Waals surface area contributed by atoms with Crippen LogP contribution in [0, 0.1) is 0 Å². The molecule has 2 heteroatoms. The average Bonchev–Trinajstić information content (AvgIpc) is 2.42. The maximum absolute atomic E-state index is 11.2. The van der Waals surface area contributed by atoms with Crippen molar-refractivity contribution in [2.24, 2.45) is 5.73 Å². The van der Waals surface area contributed by atoms with Crippen molar-refractivity contribution >= 4 is 6.29 Å². The van der Waals surface area contributed by atoms with Crippen LogP contribution in [-0.4, -0.2) is 6.29 Å². The van der Waals surface area contributed by atoms with Crippen molar-refractivity contribution in [2.75, 3.05) is 0 Å². The van der Waals surface area contributed by atoms with Crippen molar-refractivity contribution in [3.8, 4) is 0 Å². The molecule has 2 nitrogen and oxygen atoms in total. The van der Waals surface area contributed by atoms with Crippen molar-refractivity contribution in [3.63, 3.8) is 0 Å². The maximum Gasteiger partial charge on any atom is 0.131 e. The first-order valence-corrected chi connectivity index (χ1v) is 5.64. The summed E-state index contributed by atoms with van der Waals surface area (Å²) in [5.74, 6) is -0.192. The van der Waals surface area contributed by atoms with Gasteiger partial charge in [0.2, 0.25) is 0 Å². The highest BCUT2D eigenvalue weighted by atomic mass is 16.1. The van der Waals surface area contributed by atoms with E-state index in [0.717, 1.165) is 23.0 Å². The Morgan fingerprint density at radius 1 is 0.941 bits per heavy atom. The molecule has 2 rings (SSSR count). The van der Waals surface area contributed by atoms with E-state index in [0.29, 0.717) is 6.54 Å². The summed E-state index contributed by atoms with van der Waals surface area (Å²) in [6, 6.07) is 17.6. The average molecular weight is 225 g/mol. The second-order valence-corrected chi connectivity index (χ2v) is 3.97. The molecule has 0 heterocycles. The highest BCUT2D eigenvalue weighted by Gasteiger charge is 2.12. The Morgan fingerprint density at radius 2 is 1.53 bits per heavy atom. The van der Waals surface area contributed by atoms with Crippen LogP contribution in [0.1, 0.15) is 22.6 Å². The zero-order valence-corrected chi connectivity index (χ0v) is 9.54. The molecular formula is C15H15NO. The number of hydrogen-bond acceptors (Lipinski definition) is 2. The van der Waals surface area contributed by atoms with Gasteiger partial charge in [-0.2, -0.15) is 0 Å². The van der Waals surface area contributed by atoms with E-state index >= 15 is 0 Å². The molecule has 1 unspecified atom stereocenters. The lowest BCUT2D eigenvalue weighted by atomic mass is 9.92. The molecule has 0 saturated heterocycles. The van der Waals surface area contributed by atoms with E-state index < -0.39 is 0 Å². The first kappa shape index (κ1) is 11.6. The van der Waals surface area contributed by atoms with Gasteiger partial charge in [-0.3, -0.25) is 0 Å². The monoisotopic (exact) mass is 225 g/mol. The second kappa shape index (κ2) is 5.41. The molecule has 0 saturated carbocycles. The first-order valence-electron chi connectivity index (χ1n) is 5.64. The van der Waals surface area contributed by atoms with E-state index in [4.69, 9.17) is 5.73 Å². The SMILES string of the molecule is NCc1ccc(C(C=O)c2ccccc2)cc1. The van der Waals surface area contributed by atoms with Gasteiger partial charge >= 0.3 is 0 Å². The molecule has 0 bridgehead atoms.